The monoisotopic (exact) mass is 422 g/mol. The lowest BCUT2D eigenvalue weighted by Gasteiger charge is -2.13. The minimum absolute atomic E-state index is 0.0558. The summed E-state index contributed by atoms with van der Waals surface area (Å²) in [6.45, 7) is -0.00157. The summed E-state index contributed by atoms with van der Waals surface area (Å²) in [5.41, 5.74) is 7.10. The van der Waals surface area contributed by atoms with Gasteiger partial charge in [0, 0.05) is 24.0 Å². The number of nitrogens with zero attached hydrogens (tertiary/aromatic N) is 1. The number of aromatic nitrogens is 2. The van der Waals surface area contributed by atoms with E-state index in [2.05, 4.69) is 24.8 Å². The molecule has 0 aliphatic carbocycles. The van der Waals surface area contributed by atoms with E-state index in [1.165, 1.54) is 29.7 Å². The van der Waals surface area contributed by atoms with Crippen LogP contribution in [-0.2, 0) is 6.61 Å². The molecule has 0 bridgehead atoms. The Hall–Kier alpha value is -3.02. The highest BCUT2D eigenvalue weighted by Gasteiger charge is 2.43. The molecule has 5 N–H and O–H groups in total. The Morgan fingerprint density at radius 3 is 2.83 bits per heavy atom. The Balaban J connectivity index is 1.49. The molecule has 1 amide bonds. The van der Waals surface area contributed by atoms with Gasteiger partial charge < -0.3 is 30.6 Å². The fourth-order valence-electron chi connectivity index (χ4n) is 2.83. The number of amides is 1. The summed E-state index contributed by atoms with van der Waals surface area (Å²) >= 11 is 1.26. The lowest BCUT2D eigenvalue weighted by molar-refractivity contribution is -0.286. The van der Waals surface area contributed by atoms with Crippen LogP contribution < -0.4 is 20.5 Å². The van der Waals surface area contributed by atoms with Gasteiger partial charge in [0.15, 0.2) is 11.5 Å². The van der Waals surface area contributed by atoms with Gasteiger partial charge in [0.2, 0.25) is 0 Å². The number of aliphatic hydroxyl groups is 1. The van der Waals surface area contributed by atoms with Crippen molar-refractivity contribution in [2.45, 2.75) is 18.9 Å². The number of alkyl halides is 2. The summed E-state index contributed by atoms with van der Waals surface area (Å²) in [5, 5.41) is 12.5. The van der Waals surface area contributed by atoms with Crippen LogP contribution in [0.1, 0.15) is 26.4 Å². The Labute approximate surface area is 167 Å². The van der Waals surface area contributed by atoms with E-state index in [9.17, 15) is 13.6 Å². The van der Waals surface area contributed by atoms with Crippen LogP contribution in [0.5, 0.6) is 11.5 Å². The third-order valence-corrected chi connectivity index (χ3v) is 5.31. The van der Waals surface area contributed by atoms with E-state index in [4.69, 9.17) is 10.8 Å². The van der Waals surface area contributed by atoms with Gasteiger partial charge in [0.1, 0.15) is 10.7 Å². The molecule has 1 aliphatic rings. The summed E-state index contributed by atoms with van der Waals surface area (Å²) in [4.78, 5) is 20.4. The smallest absolute Gasteiger partial charge is 0.395 e. The van der Waals surface area contributed by atoms with Crippen molar-refractivity contribution in [1.82, 2.24) is 15.3 Å². The highest BCUT2D eigenvalue weighted by atomic mass is 32.1. The van der Waals surface area contributed by atoms with Crippen molar-refractivity contribution in [3.05, 3.63) is 52.1 Å². The zero-order chi connectivity index (χ0) is 20.6. The van der Waals surface area contributed by atoms with Crippen LogP contribution in [0.25, 0.3) is 11.3 Å². The molecule has 1 atom stereocenters. The Morgan fingerprint density at radius 1 is 1.31 bits per heavy atom. The lowest BCUT2D eigenvalue weighted by Crippen LogP contribution is -2.33. The number of thiazole rings is 1. The molecule has 0 spiro atoms. The fourth-order valence-corrected chi connectivity index (χ4v) is 3.67. The van der Waals surface area contributed by atoms with Crippen LogP contribution in [0.3, 0.4) is 0 Å². The Morgan fingerprint density at radius 2 is 2.10 bits per heavy atom. The van der Waals surface area contributed by atoms with Gasteiger partial charge in [-0.2, -0.15) is 0 Å². The van der Waals surface area contributed by atoms with Gasteiger partial charge in [-0.25, -0.2) is 4.98 Å². The molecule has 2 aromatic heterocycles. The molecule has 1 unspecified atom stereocenters. The van der Waals surface area contributed by atoms with E-state index in [1.54, 1.807) is 18.2 Å². The molecule has 29 heavy (non-hydrogen) atoms. The van der Waals surface area contributed by atoms with Crippen molar-refractivity contribution in [3.8, 4) is 22.8 Å². The van der Waals surface area contributed by atoms with Crippen molar-refractivity contribution < 1.29 is 28.2 Å². The van der Waals surface area contributed by atoms with Crippen molar-refractivity contribution in [3.63, 3.8) is 0 Å². The molecule has 0 fully saturated rings. The lowest BCUT2D eigenvalue weighted by atomic mass is 10.1. The molecule has 8 nitrogen and oxygen atoms in total. The fraction of sp³-hybridized carbons (Fsp3) is 0.222. The van der Waals surface area contributed by atoms with E-state index < -0.39 is 18.2 Å². The molecule has 3 heterocycles. The molecule has 0 radical (unpaired) electrons. The number of nitrogens with two attached hydrogens (primary N) is 1. The van der Waals surface area contributed by atoms with Gasteiger partial charge in [-0.05, 0) is 30.3 Å². The quantitative estimate of drug-likeness (QED) is 0.484. The van der Waals surface area contributed by atoms with Gasteiger partial charge in [0.05, 0.1) is 17.5 Å². The van der Waals surface area contributed by atoms with Crippen LogP contribution in [0.2, 0.25) is 0 Å². The number of nitrogens with one attached hydrogen (secondary N) is 2. The summed E-state index contributed by atoms with van der Waals surface area (Å²) in [5.74, 6) is -0.542. The highest BCUT2D eigenvalue weighted by Crippen LogP contribution is 2.42. The van der Waals surface area contributed by atoms with E-state index in [1.807, 2.05) is 0 Å². The zero-order valence-electron chi connectivity index (χ0n) is 14.8. The number of H-pyrrole nitrogens is 1. The van der Waals surface area contributed by atoms with Crippen molar-refractivity contribution in [1.29, 1.82) is 0 Å². The largest absolute Gasteiger partial charge is 0.586 e. The normalized spacial score (nSPS) is 15.3. The zero-order valence-corrected chi connectivity index (χ0v) is 15.6. The number of fused-ring (bicyclic) bond motifs is 1. The minimum atomic E-state index is -3.69. The van der Waals surface area contributed by atoms with E-state index >= 15 is 0 Å². The van der Waals surface area contributed by atoms with Crippen LogP contribution >= 0.6 is 11.3 Å². The van der Waals surface area contributed by atoms with Gasteiger partial charge in [-0.15, -0.1) is 20.1 Å². The molecule has 0 saturated heterocycles. The molecule has 1 aliphatic heterocycles. The van der Waals surface area contributed by atoms with Crippen molar-refractivity contribution in [2.75, 3.05) is 6.54 Å². The number of hydrogen-bond donors (Lipinski definition) is 4. The standard InChI is InChI=1S/C18H16F2N4O4S/c19-18(20)27-14-4-1-9(5-15(14)28-18)11-2-3-12(23-11)16(26)24-13(6-21)17-22-7-10(8-25)29-17/h1-5,7,13,23,25H,6,8,21H2,(H,24,26). The van der Waals surface area contributed by atoms with Crippen molar-refractivity contribution >= 4 is 17.2 Å². The maximum Gasteiger partial charge on any atom is 0.586 e. The molecular weight excluding hydrogens is 406 g/mol. The van der Waals surface area contributed by atoms with Gasteiger partial charge in [-0.1, -0.05) is 0 Å². The maximum atomic E-state index is 13.2. The molecule has 0 saturated carbocycles. The molecule has 152 valence electrons. The number of halogens is 2. The number of carbonyl (C=O) groups excluding carboxylic acids is 1. The number of aromatic amines is 1. The number of carbonyl (C=O) groups is 1. The van der Waals surface area contributed by atoms with Gasteiger partial charge in [-0.3, -0.25) is 4.79 Å². The van der Waals surface area contributed by atoms with E-state index in [0.29, 0.717) is 21.1 Å². The first-order valence-corrected chi connectivity index (χ1v) is 9.36. The summed E-state index contributed by atoms with van der Waals surface area (Å²) in [6.07, 6.45) is -2.16. The average molecular weight is 422 g/mol. The van der Waals surface area contributed by atoms with Gasteiger partial charge in [0.25, 0.3) is 5.91 Å². The Bertz CT molecular complexity index is 1050. The minimum Gasteiger partial charge on any atom is -0.395 e. The summed E-state index contributed by atoms with van der Waals surface area (Å²) in [7, 11) is 0. The van der Waals surface area contributed by atoms with Crippen molar-refractivity contribution in [2.24, 2.45) is 5.73 Å². The van der Waals surface area contributed by atoms with Crippen LogP contribution in [0, 0.1) is 0 Å². The molecule has 11 heteroatoms. The number of rotatable bonds is 6. The predicted molar refractivity (Wildman–Crippen MR) is 99.7 cm³/mol. The molecular formula is C18H16F2N4O4S. The first kappa shape index (κ1) is 19.3. The second-order valence-corrected chi connectivity index (χ2v) is 7.35. The maximum absolute atomic E-state index is 13.2. The van der Waals surface area contributed by atoms with Crippen LogP contribution in [-0.4, -0.2) is 33.8 Å². The van der Waals surface area contributed by atoms with E-state index in [0.717, 1.165) is 0 Å². The highest BCUT2D eigenvalue weighted by molar-refractivity contribution is 7.11. The predicted octanol–water partition coefficient (Wildman–Crippen LogP) is 2.38. The summed E-state index contributed by atoms with van der Waals surface area (Å²) in [6, 6.07) is 7.06. The topological polar surface area (TPSA) is 122 Å². The third kappa shape index (κ3) is 3.92. The summed E-state index contributed by atoms with van der Waals surface area (Å²) < 4.78 is 35.2. The van der Waals surface area contributed by atoms with Crippen LogP contribution in [0.4, 0.5) is 8.78 Å². The van der Waals surface area contributed by atoms with Gasteiger partial charge >= 0.3 is 6.29 Å². The first-order chi connectivity index (χ1) is 13.9. The molecule has 4 rings (SSSR count). The molecule has 1 aromatic carbocycles. The number of hydrogen-bond acceptors (Lipinski definition) is 7. The second-order valence-electron chi connectivity index (χ2n) is 6.20. The Kier molecular flexibility index (Phi) is 4.94. The van der Waals surface area contributed by atoms with Crippen LogP contribution in [0.15, 0.2) is 36.5 Å². The third-order valence-electron chi connectivity index (χ3n) is 4.21. The van der Waals surface area contributed by atoms with E-state index in [-0.39, 0.29) is 30.3 Å². The first-order valence-electron chi connectivity index (χ1n) is 8.54. The molecule has 3 aromatic rings. The average Bonchev–Trinajstić information content (AvgIpc) is 3.41. The number of ether oxygens (including phenoxy) is 2. The SMILES string of the molecule is NCC(NC(=O)c1ccc(-c2ccc3c(c2)OC(F)(F)O3)[nH]1)c1ncc(CO)s1. The number of benzene rings is 1. The number of aliphatic hydroxyl groups excluding tert-OH is 1. The second kappa shape index (κ2) is 7.43.